The first-order valence-corrected chi connectivity index (χ1v) is 8.24. The van der Waals surface area contributed by atoms with E-state index >= 15 is 0 Å². The van der Waals surface area contributed by atoms with E-state index in [-0.39, 0.29) is 5.91 Å². The molecular weight excluding hydrogens is 324 g/mol. The Kier molecular flexibility index (Phi) is 7.56. The van der Waals surface area contributed by atoms with Gasteiger partial charge in [0.05, 0.1) is 34.5 Å². The van der Waals surface area contributed by atoms with Crippen LogP contribution in [0.2, 0.25) is 0 Å². The molecule has 0 radical (unpaired) electrons. The van der Waals surface area contributed by atoms with Crippen LogP contribution < -0.4 is 19.5 Å². The molecule has 138 valence electrons. The van der Waals surface area contributed by atoms with Gasteiger partial charge in [0.2, 0.25) is 11.7 Å². The molecule has 1 aromatic rings. The predicted molar refractivity (Wildman–Crippen MR) is 95.4 cm³/mol. The Labute approximate surface area is 148 Å². The maximum atomic E-state index is 12.0. The summed E-state index contributed by atoms with van der Waals surface area (Å²) in [5, 5.41) is 2.88. The highest BCUT2D eigenvalue weighted by molar-refractivity contribution is 5.91. The van der Waals surface area contributed by atoms with E-state index in [1.807, 2.05) is 0 Å². The number of benzene rings is 1. The number of carbonyl (C=O) groups is 1. The van der Waals surface area contributed by atoms with E-state index in [0.29, 0.717) is 23.8 Å². The molecule has 1 heterocycles. The third-order valence-corrected chi connectivity index (χ3v) is 3.95. The van der Waals surface area contributed by atoms with Crippen molar-refractivity contribution in [2.45, 2.75) is 0 Å². The second kappa shape index (κ2) is 9.90. The van der Waals surface area contributed by atoms with Gasteiger partial charge in [-0.3, -0.25) is 9.69 Å². The van der Waals surface area contributed by atoms with E-state index in [0.717, 1.165) is 38.4 Å². The average molecular weight is 350 g/mol. The van der Waals surface area contributed by atoms with Crippen LogP contribution in [0.3, 0.4) is 0 Å². The lowest BCUT2D eigenvalue weighted by molar-refractivity contribution is -0.116. The number of hydrogen-bond donors (Lipinski definition) is 1. The fraction of sp³-hybridized carbons (Fsp3) is 0.500. The molecule has 7 heteroatoms. The molecule has 0 aromatic heterocycles. The predicted octanol–water partition coefficient (Wildman–Crippen LogP) is 1.17. The van der Waals surface area contributed by atoms with Crippen LogP contribution in [-0.2, 0) is 9.53 Å². The Hall–Kier alpha value is -2.25. The minimum atomic E-state index is -0.137. The summed E-state index contributed by atoms with van der Waals surface area (Å²) >= 11 is 0. The third-order valence-electron chi connectivity index (χ3n) is 3.95. The number of nitrogens with one attached hydrogen (secondary N) is 1. The van der Waals surface area contributed by atoms with Crippen molar-refractivity contribution in [1.29, 1.82) is 0 Å². The Bertz CT molecular complexity index is 572. The highest BCUT2D eigenvalue weighted by Gasteiger charge is 2.12. The zero-order valence-electron chi connectivity index (χ0n) is 15.0. The maximum absolute atomic E-state index is 12.0. The van der Waals surface area contributed by atoms with Crippen LogP contribution in [0.25, 0.3) is 6.08 Å². The van der Waals surface area contributed by atoms with E-state index < -0.39 is 0 Å². The monoisotopic (exact) mass is 350 g/mol. The van der Waals surface area contributed by atoms with Gasteiger partial charge in [-0.05, 0) is 23.8 Å². The molecule has 1 saturated heterocycles. The summed E-state index contributed by atoms with van der Waals surface area (Å²) in [6.45, 7) is 4.78. The second-order valence-corrected chi connectivity index (χ2v) is 5.54. The van der Waals surface area contributed by atoms with Crippen LogP contribution in [-0.4, -0.2) is 71.5 Å². The summed E-state index contributed by atoms with van der Waals surface area (Å²) in [7, 11) is 4.67. The lowest BCUT2D eigenvalue weighted by Gasteiger charge is -2.26. The molecule has 0 saturated carbocycles. The third kappa shape index (κ3) is 5.65. The molecule has 7 nitrogen and oxygen atoms in total. The Morgan fingerprint density at radius 1 is 1.16 bits per heavy atom. The molecule has 0 bridgehead atoms. The first-order chi connectivity index (χ1) is 12.2. The first-order valence-electron chi connectivity index (χ1n) is 8.24. The number of nitrogens with zero attached hydrogens (tertiary/aromatic N) is 1. The van der Waals surface area contributed by atoms with E-state index in [2.05, 4.69) is 10.2 Å². The molecule has 1 aliphatic heterocycles. The fourth-order valence-electron chi connectivity index (χ4n) is 2.59. The number of carbonyl (C=O) groups excluding carboxylic acids is 1. The normalized spacial score (nSPS) is 15.2. The van der Waals surface area contributed by atoms with Crippen LogP contribution in [0.5, 0.6) is 17.2 Å². The molecule has 0 spiro atoms. The molecule has 1 aliphatic rings. The van der Waals surface area contributed by atoms with Crippen molar-refractivity contribution in [1.82, 2.24) is 10.2 Å². The van der Waals surface area contributed by atoms with Crippen molar-refractivity contribution >= 4 is 12.0 Å². The maximum Gasteiger partial charge on any atom is 0.244 e. The van der Waals surface area contributed by atoms with Gasteiger partial charge >= 0.3 is 0 Å². The topological polar surface area (TPSA) is 69.3 Å². The zero-order chi connectivity index (χ0) is 18.1. The van der Waals surface area contributed by atoms with Gasteiger partial charge in [0.15, 0.2) is 11.5 Å². The standard InChI is InChI=1S/C18H26N2O5/c1-22-15-12-14(13-16(23-2)18(15)24-3)4-5-17(21)19-6-7-20-8-10-25-11-9-20/h4-5,12-13H,6-11H2,1-3H3,(H,19,21)/b5-4+. The van der Waals surface area contributed by atoms with E-state index in [1.54, 1.807) is 39.5 Å². The first kappa shape index (κ1) is 19.1. The second-order valence-electron chi connectivity index (χ2n) is 5.54. The molecule has 0 atom stereocenters. The van der Waals surface area contributed by atoms with Crippen molar-refractivity contribution in [2.24, 2.45) is 0 Å². The number of hydrogen-bond acceptors (Lipinski definition) is 6. The molecule has 1 N–H and O–H groups in total. The highest BCUT2D eigenvalue weighted by Crippen LogP contribution is 2.38. The smallest absolute Gasteiger partial charge is 0.244 e. The highest BCUT2D eigenvalue weighted by atomic mass is 16.5. The van der Waals surface area contributed by atoms with Gasteiger partial charge in [0.1, 0.15) is 0 Å². The van der Waals surface area contributed by atoms with Gasteiger partial charge in [-0.1, -0.05) is 0 Å². The molecule has 1 aromatic carbocycles. The van der Waals surface area contributed by atoms with Crippen LogP contribution in [0.4, 0.5) is 0 Å². The summed E-state index contributed by atoms with van der Waals surface area (Å²) in [5.41, 5.74) is 0.790. The quantitative estimate of drug-likeness (QED) is 0.710. The van der Waals surface area contributed by atoms with Gasteiger partial charge in [0.25, 0.3) is 0 Å². The molecule has 1 fully saturated rings. The van der Waals surface area contributed by atoms with Crippen molar-refractivity contribution in [2.75, 3.05) is 60.7 Å². The average Bonchev–Trinajstić information content (AvgIpc) is 2.66. The van der Waals surface area contributed by atoms with Gasteiger partial charge < -0.3 is 24.3 Å². The Balaban J connectivity index is 1.90. The molecule has 0 aliphatic carbocycles. The number of morpholine rings is 1. The molecular formula is C18H26N2O5. The van der Waals surface area contributed by atoms with Crippen LogP contribution in [0.1, 0.15) is 5.56 Å². The van der Waals surface area contributed by atoms with Crippen molar-refractivity contribution < 1.29 is 23.7 Å². The van der Waals surface area contributed by atoms with Crippen LogP contribution >= 0.6 is 0 Å². The van der Waals surface area contributed by atoms with Crippen molar-refractivity contribution in [3.63, 3.8) is 0 Å². The van der Waals surface area contributed by atoms with Crippen LogP contribution in [0, 0.1) is 0 Å². The minimum absolute atomic E-state index is 0.137. The SMILES string of the molecule is COc1cc(/C=C/C(=O)NCCN2CCOCC2)cc(OC)c1OC. The molecule has 0 unspecified atom stereocenters. The Morgan fingerprint density at radius 2 is 1.80 bits per heavy atom. The van der Waals surface area contributed by atoms with Crippen molar-refractivity contribution in [3.05, 3.63) is 23.8 Å². The lowest BCUT2D eigenvalue weighted by atomic mass is 10.1. The minimum Gasteiger partial charge on any atom is -0.493 e. The van der Waals surface area contributed by atoms with Gasteiger partial charge in [-0.25, -0.2) is 0 Å². The molecule has 1 amide bonds. The number of rotatable bonds is 8. The summed E-state index contributed by atoms with van der Waals surface area (Å²) in [6, 6.07) is 3.58. The number of amides is 1. The van der Waals surface area contributed by atoms with Gasteiger partial charge in [-0.15, -0.1) is 0 Å². The Morgan fingerprint density at radius 3 is 2.36 bits per heavy atom. The van der Waals surface area contributed by atoms with Crippen molar-refractivity contribution in [3.8, 4) is 17.2 Å². The summed E-state index contributed by atoms with van der Waals surface area (Å²) in [4.78, 5) is 14.2. The van der Waals surface area contributed by atoms with E-state index in [4.69, 9.17) is 18.9 Å². The van der Waals surface area contributed by atoms with E-state index in [9.17, 15) is 4.79 Å². The summed E-state index contributed by atoms with van der Waals surface area (Å²) in [5.74, 6) is 1.49. The summed E-state index contributed by atoms with van der Waals surface area (Å²) < 4.78 is 21.2. The molecule has 25 heavy (non-hydrogen) atoms. The largest absolute Gasteiger partial charge is 0.493 e. The van der Waals surface area contributed by atoms with Gasteiger partial charge in [-0.2, -0.15) is 0 Å². The van der Waals surface area contributed by atoms with Crippen LogP contribution in [0.15, 0.2) is 18.2 Å². The fourth-order valence-corrected chi connectivity index (χ4v) is 2.59. The number of ether oxygens (including phenoxy) is 4. The summed E-state index contributed by atoms with van der Waals surface area (Å²) in [6.07, 6.45) is 3.22. The zero-order valence-corrected chi connectivity index (χ0v) is 15.0. The van der Waals surface area contributed by atoms with Gasteiger partial charge in [0, 0.05) is 32.3 Å². The molecule has 2 rings (SSSR count). The lowest BCUT2D eigenvalue weighted by Crippen LogP contribution is -2.41. The van der Waals surface area contributed by atoms with E-state index in [1.165, 1.54) is 6.08 Å². The number of methoxy groups -OCH3 is 3.